The van der Waals surface area contributed by atoms with Crippen molar-refractivity contribution in [3.63, 3.8) is 0 Å². The third-order valence-corrected chi connectivity index (χ3v) is 5.84. The molecule has 9 heteroatoms. The van der Waals surface area contributed by atoms with Gasteiger partial charge in [0.2, 0.25) is 0 Å². The van der Waals surface area contributed by atoms with Crippen molar-refractivity contribution in [2.24, 2.45) is 5.10 Å². The summed E-state index contributed by atoms with van der Waals surface area (Å²) in [5.74, 6) is -0.565. The molecule has 0 saturated carbocycles. The van der Waals surface area contributed by atoms with Crippen molar-refractivity contribution in [2.45, 2.75) is 0 Å². The van der Waals surface area contributed by atoms with Crippen LogP contribution >= 0.6 is 47.8 Å². The highest BCUT2D eigenvalue weighted by Crippen LogP contribution is 2.32. The minimum Gasteiger partial charge on any atom is -0.506 e. The van der Waals surface area contributed by atoms with Gasteiger partial charge in [-0.2, -0.15) is 5.10 Å². The molecule has 30 heavy (non-hydrogen) atoms. The number of carbonyl (C=O) groups is 2. The van der Waals surface area contributed by atoms with E-state index < -0.39 is 5.91 Å². The lowest BCUT2D eigenvalue weighted by atomic mass is 10.1. The van der Waals surface area contributed by atoms with E-state index in [1.54, 1.807) is 54.6 Å². The first kappa shape index (κ1) is 22.2. The summed E-state index contributed by atoms with van der Waals surface area (Å²) < 4.78 is 1.71. The zero-order valence-corrected chi connectivity index (χ0v) is 20.0. The van der Waals surface area contributed by atoms with Crippen LogP contribution in [0.25, 0.3) is 0 Å². The van der Waals surface area contributed by atoms with E-state index in [2.05, 4.69) is 63.6 Å². The number of hydrogen-bond donors (Lipinski definition) is 3. The lowest BCUT2D eigenvalue weighted by Crippen LogP contribution is -2.18. The number of phenols is 1. The molecular formula is C21H14Br3N3O3. The van der Waals surface area contributed by atoms with Gasteiger partial charge in [-0.1, -0.05) is 12.1 Å². The smallest absolute Gasteiger partial charge is 0.271 e. The molecule has 0 unspecified atom stereocenters. The highest BCUT2D eigenvalue weighted by Gasteiger charge is 2.10. The number of carbonyl (C=O) groups excluding carboxylic acids is 2. The van der Waals surface area contributed by atoms with Gasteiger partial charge in [0.1, 0.15) is 5.75 Å². The van der Waals surface area contributed by atoms with E-state index in [1.807, 2.05) is 6.07 Å². The van der Waals surface area contributed by atoms with E-state index in [0.717, 1.165) is 0 Å². The van der Waals surface area contributed by atoms with Gasteiger partial charge in [-0.25, -0.2) is 5.43 Å². The summed E-state index contributed by atoms with van der Waals surface area (Å²) in [7, 11) is 0. The average Bonchev–Trinajstić information content (AvgIpc) is 2.72. The van der Waals surface area contributed by atoms with Gasteiger partial charge in [-0.05, 0) is 102 Å². The van der Waals surface area contributed by atoms with Gasteiger partial charge < -0.3 is 10.4 Å². The summed E-state index contributed by atoms with van der Waals surface area (Å²) in [6.45, 7) is 0. The van der Waals surface area contributed by atoms with Crippen LogP contribution < -0.4 is 10.7 Å². The molecule has 0 atom stereocenters. The van der Waals surface area contributed by atoms with Crippen molar-refractivity contribution in [3.05, 3.63) is 90.8 Å². The number of aromatic hydroxyl groups is 1. The van der Waals surface area contributed by atoms with Gasteiger partial charge in [-0.15, -0.1) is 0 Å². The summed E-state index contributed by atoms with van der Waals surface area (Å²) >= 11 is 9.82. The third kappa shape index (κ3) is 5.56. The second kappa shape index (κ2) is 10.0. The predicted octanol–water partition coefficient (Wildman–Crippen LogP) is 5.70. The van der Waals surface area contributed by atoms with Crippen molar-refractivity contribution in [2.75, 3.05) is 5.32 Å². The molecule has 3 rings (SSSR count). The van der Waals surface area contributed by atoms with Gasteiger partial charge in [-0.3, -0.25) is 9.59 Å². The Morgan fingerprint density at radius 1 is 0.867 bits per heavy atom. The first-order chi connectivity index (χ1) is 14.3. The summed E-state index contributed by atoms with van der Waals surface area (Å²) in [6.07, 6.45) is 1.46. The Balaban J connectivity index is 1.61. The topological polar surface area (TPSA) is 90.8 Å². The number of benzene rings is 3. The van der Waals surface area contributed by atoms with E-state index in [0.29, 0.717) is 35.8 Å². The fraction of sp³-hybridized carbons (Fsp3) is 0. The Kier molecular flexibility index (Phi) is 7.41. The summed E-state index contributed by atoms with van der Waals surface area (Å²) in [4.78, 5) is 24.6. The SMILES string of the molecule is O=C(N/N=C/c1cc(Br)c(O)c(Br)c1)c1ccc(NC(=O)c2ccccc2Br)cc1. The van der Waals surface area contributed by atoms with Crippen LogP contribution in [0.5, 0.6) is 5.75 Å². The number of phenolic OH excluding ortho intramolecular Hbond substituents is 1. The highest BCUT2D eigenvalue weighted by molar-refractivity contribution is 9.11. The van der Waals surface area contributed by atoms with Crippen LogP contribution in [0.2, 0.25) is 0 Å². The van der Waals surface area contributed by atoms with Gasteiger partial charge in [0.05, 0.1) is 20.7 Å². The predicted molar refractivity (Wildman–Crippen MR) is 127 cm³/mol. The molecule has 152 valence electrons. The van der Waals surface area contributed by atoms with Gasteiger partial charge >= 0.3 is 0 Å². The van der Waals surface area contributed by atoms with Crippen molar-refractivity contribution < 1.29 is 14.7 Å². The van der Waals surface area contributed by atoms with Crippen molar-refractivity contribution >= 4 is 71.5 Å². The zero-order valence-electron chi connectivity index (χ0n) is 15.2. The molecule has 0 heterocycles. The molecule has 0 aromatic heterocycles. The van der Waals surface area contributed by atoms with Gasteiger partial charge in [0, 0.05) is 15.7 Å². The molecule has 0 aliphatic rings. The number of nitrogens with zero attached hydrogens (tertiary/aromatic N) is 1. The average molecular weight is 596 g/mol. The summed E-state index contributed by atoms with van der Waals surface area (Å²) in [6, 6.07) is 16.9. The molecule has 0 fully saturated rings. The van der Waals surface area contributed by atoms with Crippen LogP contribution in [0.1, 0.15) is 26.3 Å². The summed E-state index contributed by atoms with van der Waals surface area (Å²) in [5, 5.41) is 16.4. The van der Waals surface area contributed by atoms with E-state index >= 15 is 0 Å². The molecule has 3 aromatic rings. The molecule has 0 saturated heterocycles. The Morgan fingerprint density at radius 3 is 2.13 bits per heavy atom. The first-order valence-corrected chi connectivity index (χ1v) is 10.9. The maximum atomic E-state index is 12.3. The molecule has 0 radical (unpaired) electrons. The second-order valence-electron chi connectivity index (χ2n) is 6.04. The number of hydrogen-bond acceptors (Lipinski definition) is 4. The fourth-order valence-corrected chi connectivity index (χ4v) is 4.13. The molecule has 3 N–H and O–H groups in total. The van der Waals surface area contributed by atoms with E-state index in [-0.39, 0.29) is 11.7 Å². The molecule has 0 aliphatic carbocycles. The lowest BCUT2D eigenvalue weighted by Gasteiger charge is -2.07. The Morgan fingerprint density at radius 2 is 1.50 bits per heavy atom. The standard InChI is InChI=1S/C21H14Br3N3O3/c22-16-4-2-1-3-15(16)21(30)26-14-7-5-13(6-8-14)20(29)27-25-11-12-9-17(23)19(28)18(24)10-12/h1-11,28H,(H,26,30)(H,27,29)/b25-11+. The van der Waals surface area contributed by atoms with Gasteiger partial charge in [0.15, 0.2) is 0 Å². The Labute approximate surface area is 197 Å². The minimum absolute atomic E-state index is 0.0861. The van der Waals surface area contributed by atoms with Crippen molar-refractivity contribution in [3.8, 4) is 5.75 Å². The molecule has 0 bridgehead atoms. The third-order valence-electron chi connectivity index (χ3n) is 3.94. The Bertz CT molecular complexity index is 1110. The number of rotatable bonds is 5. The van der Waals surface area contributed by atoms with Crippen molar-refractivity contribution in [1.82, 2.24) is 5.43 Å². The van der Waals surface area contributed by atoms with Crippen LogP contribution in [0.3, 0.4) is 0 Å². The molecule has 3 aromatic carbocycles. The molecule has 6 nitrogen and oxygen atoms in total. The second-order valence-corrected chi connectivity index (χ2v) is 8.61. The number of halogens is 3. The molecule has 2 amide bonds. The lowest BCUT2D eigenvalue weighted by molar-refractivity contribution is 0.0954. The van der Waals surface area contributed by atoms with Crippen LogP contribution in [0, 0.1) is 0 Å². The number of amides is 2. The first-order valence-electron chi connectivity index (χ1n) is 8.52. The maximum absolute atomic E-state index is 12.3. The van der Waals surface area contributed by atoms with E-state index in [1.165, 1.54) is 6.21 Å². The maximum Gasteiger partial charge on any atom is 0.271 e. The van der Waals surface area contributed by atoms with E-state index in [9.17, 15) is 14.7 Å². The van der Waals surface area contributed by atoms with Crippen LogP contribution in [-0.2, 0) is 0 Å². The molecule has 0 spiro atoms. The monoisotopic (exact) mass is 593 g/mol. The Hall–Kier alpha value is -2.49. The van der Waals surface area contributed by atoms with E-state index in [4.69, 9.17) is 0 Å². The normalized spacial score (nSPS) is 10.8. The number of anilines is 1. The minimum atomic E-state index is -0.396. The number of nitrogens with one attached hydrogen (secondary N) is 2. The zero-order chi connectivity index (χ0) is 21.7. The van der Waals surface area contributed by atoms with Crippen LogP contribution in [-0.4, -0.2) is 23.1 Å². The van der Waals surface area contributed by atoms with Crippen LogP contribution in [0.15, 0.2) is 79.2 Å². The number of hydrazone groups is 1. The van der Waals surface area contributed by atoms with Crippen molar-refractivity contribution in [1.29, 1.82) is 0 Å². The van der Waals surface area contributed by atoms with Crippen LogP contribution in [0.4, 0.5) is 5.69 Å². The fourth-order valence-electron chi connectivity index (χ4n) is 2.44. The highest BCUT2D eigenvalue weighted by atomic mass is 79.9. The largest absolute Gasteiger partial charge is 0.506 e. The molecule has 0 aliphatic heterocycles. The molecular weight excluding hydrogens is 582 g/mol. The van der Waals surface area contributed by atoms with Gasteiger partial charge in [0.25, 0.3) is 11.8 Å². The summed E-state index contributed by atoms with van der Waals surface area (Å²) in [5.41, 5.74) is 4.58. The quantitative estimate of drug-likeness (QED) is 0.261.